The fourth-order valence-corrected chi connectivity index (χ4v) is 24.7. The molecule has 0 fully saturated rings. The topological polar surface area (TPSA) is 16.3 Å². The molecular formula is C141H98N4. The molecule has 3 aliphatic carbocycles. The average molecular weight is 1850 g/mol. The number of aromatic nitrogens is 2. The second-order valence-electron chi connectivity index (χ2n) is 38.8. The zero-order valence-corrected chi connectivity index (χ0v) is 80.1. The Bertz CT molecular complexity index is 9140. The van der Waals surface area contributed by atoms with Gasteiger partial charge in [-0.3, -0.25) is 0 Å². The lowest BCUT2D eigenvalue weighted by Gasteiger charge is -2.39. The number of allylic oxidation sites excluding steroid dienone is 2. The fraction of sp³-hybridized carbons (Fsp3) is 0.0355. The van der Waals surface area contributed by atoms with E-state index in [0.29, 0.717) is 0 Å². The minimum absolute atomic E-state index is 0.167. The van der Waals surface area contributed by atoms with Gasteiger partial charge in [-0.05, 0) is 254 Å². The van der Waals surface area contributed by atoms with E-state index < -0.39 is 5.41 Å². The van der Waals surface area contributed by atoms with Crippen LogP contribution in [-0.2, 0) is 10.8 Å². The number of nitrogens with zero attached hydrogens (tertiary/aromatic N) is 4. The first-order valence-electron chi connectivity index (χ1n) is 50.5. The van der Waals surface area contributed by atoms with Gasteiger partial charge >= 0.3 is 0 Å². The highest BCUT2D eigenvalue weighted by molar-refractivity contribution is 6.21. The van der Waals surface area contributed by atoms with Crippen LogP contribution in [0.5, 0.6) is 0 Å². The molecule has 0 N–H and O–H groups in total. The van der Waals surface area contributed by atoms with E-state index >= 15 is 0 Å². The molecule has 0 radical (unpaired) electrons. The Morgan fingerprint density at radius 1 is 0.221 bits per heavy atom. The fourth-order valence-electron chi connectivity index (χ4n) is 24.7. The van der Waals surface area contributed by atoms with E-state index in [1.807, 2.05) is 0 Å². The summed E-state index contributed by atoms with van der Waals surface area (Å²) in [5.41, 5.74) is 44.5. The number of fused-ring (bicyclic) bond motifs is 12. The molecule has 22 aromatic carbocycles. The number of hydrogen-bond donors (Lipinski definition) is 0. The molecule has 27 rings (SSSR count). The molecule has 2 heterocycles. The Balaban J connectivity index is 0.634. The number of para-hydroxylation sites is 6. The first-order chi connectivity index (χ1) is 71.9. The predicted molar refractivity (Wildman–Crippen MR) is 608 cm³/mol. The first kappa shape index (κ1) is 85.7. The normalized spacial score (nSPS) is 14.7. The van der Waals surface area contributed by atoms with Gasteiger partial charge in [0.1, 0.15) is 0 Å². The van der Waals surface area contributed by atoms with Crippen LogP contribution in [0, 0.1) is 0 Å². The lowest BCUT2D eigenvalue weighted by atomic mass is 9.67. The largest absolute Gasteiger partial charge is 0.332 e. The van der Waals surface area contributed by atoms with Crippen molar-refractivity contribution in [3.8, 4) is 123 Å². The Labute approximate surface area is 845 Å². The number of rotatable bonds is 20. The van der Waals surface area contributed by atoms with Crippen LogP contribution in [-0.4, -0.2) is 15.2 Å². The third kappa shape index (κ3) is 14.1. The Morgan fingerprint density at radius 2 is 0.628 bits per heavy atom. The molecule has 3 atom stereocenters. The quantitative estimate of drug-likeness (QED) is 0.0756. The van der Waals surface area contributed by atoms with E-state index in [0.717, 1.165) is 151 Å². The average Bonchev–Trinajstić information content (AvgIpc) is 1.54. The summed E-state index contributed by atoms with van der Waals surface area (Å²) in [6.45, 7) is 2.41. The second kappa shape index (κ2) is 35.7. The van der Waals surface area contributed by atoms with Crippen LogP contribution < -0.4 is 9.80 Å². The van der Waals surface area contributed by atoms with Gasteiger partial charge in [-0.25, -0.2) is 0 Å². The van der Waals surface area contributed by atoms with Crippen molar-refractivity contribution in [1.29, 1.82) is 0 Å². The molecule has 0 saturated heterocycles. The molecule has 0 spiro atoms. The highest BCUT2D eigenvalue weighted by Gasteiger charge is 2.47. The van der Waals surface area contributed by atoms with Crippen molar-refractivity contribution in [1.82, 2.24) is 9.13 Å². The molecule has 4 heteroatoms. The molecule has 4 nitrogen and oxygen atoms in total. The summed E-state index contributed by atoms with van der Waals surface area (Å²) in [5, 5.41) is 4.68. The zero-order chi connectivity index (χ0) is 96.1. The van der Waals surface area contributed by atoms with Crippen molar-refractivity contribution >= 4 is 72.0 Å². The molecule has 145 heavy (non-hydrogen) atoms. The SMILES string of the molecule is CC1(c2ccccc2)c2ccccc2-c2ccc(-c3ccc(N(c4cccc5c6ccccc6n(-c6ccccc6)c45)C4C=CC=CC4c4ccccc4-c4ccc(-c5ccc(N(c6ccc(-c7ccc8c(c7)C(c7ccccc7)(c7ccccc7)c7ccccc7-8)cc6)c6ccccc6-c6ccccc6-c6ccccc6-c6ccccc6)c6c5c5ccccc5n6-c5ccccc5)cc4-c4ccccc4)cc3)cc21. The van der Waals surface area contributed by atoms with E-state index in [-0.39, 0.29) is 17.4 Å². The predicted octanol–water partition coefficient (Wildman–Crippen LogP) is 36.8. The Kier molecular flexibility index (Phi) is 21.1. The molecule has 3 unspecified atom stereocenters. The van der Waals surface area contributed by atoms with Gasteiger partial charge in [0.15, 0.2) is 0 Å². The maximum Gasteiger partial charge on any atom is 0.0788 e. The van der Waals surface area contributed by atoms with E-state index in [9.17, 15) is 0 Å². The highest BCUT2D eigenvalue weighted by atomic mass is 15.2. The van der Waals surface area contributed by atoms with Crippen LogP contribution in [0.2, 0.25) is 0 Å². The minimum Gasteiger partial charge on any atom is -0.332 e. The standard InChI is InChI=1S/C141H98N4/c1-140(102-46-13-4-14-47-102)127-69-35-29-62-117(127)119-88-80-99(93-129(119)140)95-76-83-107(84-77-95)142(135-75-41-68-124-123-66-33-39-73-133(123)144(138(124)135)105-52-19-7-20-53-105)131-71-37-31-65-122(131)115-61-28-26-59-113(115)116-87-82-101(92-126(116)98-44-11-3-12-45-98)110-90-91-136(139-137(110)125-67-34-40-74-134(125)145(139)106-54-21-8-22-55-106)143(132-72-38-32-64-121(132)114-60-27-25-58-112(114)111-57-24-23-56-109(111)97-42-9-2-10-43-97)108-85-78-96(79-86-108)100-81-89-120-118-63-30-36-70-128(118)141(130(120)94-100,103-48-15-5-16-49-103)104-50-17-6-18-51-104/h2-94,122,131H,1H3. The van der Waals surface area contributed by atoms with Crippen LogP contribution in [0.15, 0.2) is 564 Å². The number of anilines is 5. The second-order valence-corrected chi connectivity index (χ2v) is 38.8. The first-order valence-corrected chi connectivity index (χ1v) is 50.5. The van der Waals surface area contributed by atoms with E-state index in [4.69, 9.17) is 0 Å². The van der Waals surface area contributed by atoms with Crippen molar-refractivity contribution in [2.24, 2.45) is 0 Å². The van der Waals surface area contributed by atoms with Crippen LogP contribution in [0.3, 0.4) is 0 Å². The van der Waals surface area contributed by atoms with Crippen molar-refractivity contribution in [2.45, 2.75) is 29.7 Å². The summed E-state index contributed by atoms with van der Waals surface area (Å²) in [6.07, 6.45) is 9.45. The van der Waals surface area contributed by atoms with Crippen LogP contribution >= 0.6 is 0 Å². The van der Waals surface area contributed by atoms with E-state index in [1.165, 1.54) is 88.7 Å². The summed E-state index contributed by atoms with van der Waals surface area (Å²) < 4.78 is 5.03. The third-order valence-corrected chi connectivity index (χ3v) is 31.2. The molecular weight excluding hydrogens is 1750 g/mol. The lowest BCUT2D eigenvalue weighted by Crippen LogP contribution is -2.35. The zero-order valence-electron chi connectivity index (χ0n) is 80.1. The lowest BCUT2D eigenvalue weighted by molar-refractivity contribution is 0.692. The monoisotopic (exact) mass is 1850 g/mol. The molecule has 682 valence electrons. The van der Waals surface area contributed by atoms with Crippen molar-refractivity contribution < 1.29 is 0 Å². The van der Waals surface area contributed by atoms with Gasteiger partial charge in [0.25, 0.3) is 0 Å². The van der Waals surface area contributed by atoms with E-state index in [1.54, 1.807) is 0 Å². The van der Waals surface area contributed by atoms with Gasteiger partial charge < -0.3 is 18.9 Å². The number of benzene rings is 22. The minimum atomic E-state index is -0.567. The molecule has 0 bridgehead atoms. The van der Waals surface area contributed by atoms with Crippen LogP contribution in [0.25, 0.3) is 166 Å². The van der Waals surface area contributed by atoms with Gasteiger partial charge in [0.05, 0.1) is 50.6 Å². The van der Waals surface area contributed by atoms with Gasteiger partial charge in [0, 0.05) is 61.2 Å². The summed E-state index contributed by atoms with van der Waals surface area (Å²) in [7, 11) is 0. The summed E-state index contributed by atoms with van der Waals surface area (Å²) in [5.74, 6) is -0.167. The molecule has 0 saturated carbocycles. The Hall–Kier alpha value is -18.5. The van der Waals surface area contributed by atoms with Crippen molar-refractivity contribution in [3.63, 3.8) is 0 Å². The van der Waals surface area contributed by atoms with Crippen LogP contribution in [0.4, 0.5) is 28.4 Å². The number of hydrogen-bond acceptors (Lipinski definition) is 2. The summed E-state index contributed by atoms with van der Waals surface area (Å²) >= 11 is 0. The van der Waals surface area contributed by atoms with Gasteiger partial charge in [-0.15, -0.1) is 0 Å². The van der Waals surface area contributed by atoms with Gasteiger partial charge in [-0.1, -0.05) is 467 Å². The van der Waals surface area contributed by atoms with Crippen molar-refractivity contribution in [2.75, 3.05) is 9.80 Å². The summed E-state index contributed by atoms with van der Waals surface area (Å²) in [6, 6.07) is 202. The highest BCUT2D eigenvalue weighted by Crippen LogP contribution is 2.60. The summed E-state index contributed by atoms with van der Waals surface area (Å²) in [4.78, 5) is 5.21. The van der Waals surface area contributed by atoms with Gasteiger partial charge in [0.2, 0.25) is 0 Å². The Morgan fingerprint density at radius 3 is 1.26 bits per heavy atom. The maximum absolute atomic E-state index is 2.65. The van der Waals surface area contributed by atoms with Crippen LogP contribution in [0.1, 0.15) is 57.3 Å². The molecule has 0 amide bonds. The maximum atomic E-state index is 2.65. The molecule has 3 aliphatic rings. The van der Waals surface area contributed by atoms with Gasteiger partial charge in [-0.2, -0.15) is 0 Å². The smallest absolute Gasteiger partial charge is 0.0788 e. The molecule has 2 aromatic heterocycles. The molecule has 0 aliphatic heterocycles. The molecule has 24 aromatic rings. The third-order valence-electron chi connectivity index (χ3n) is 31.2. The van der Waals surface area contributed by atoms with E-state index in [2.05, 4.69) is 590 Å². The van der Waals surface area contributed by atoms with Crippen molar-refractivity contribution in [3.05, 3.63) is 609 Å².